The maximum Gasteiger partial charge on any atom is 0.126 e. The highest BCUT2D eigenvalue weighted by Gasteiger charge is 2.11. The van der Waals surface area contributed by atoms with Gasteiger partial charge in [0.05, 0.1) is 12.6 Å². The third kappa shape index (κ3) is 3.41. The number of aromatic hydroxyl groups is 1. The monoisotopic (exact) mass is 275 g/mol. The van der Waals surface area contributed by atoms with Crippen molar-refractivity contribution in [1.82, 2.24) is 0 Å². The van der Waals surface area contributed by atoms with Gasteiger partial charge >= 0.3 is 0 Å². The topological polar surface area (TPSA) is 41.5 Å². The van der Waals surface area contributed by atoms with E-state index >= 15 is 0 Å². The summed E-state index contributed by atoms with van der Waals surface area (Å²) in [5.74, 6) is 0.288. The molecule has 0 aliphatic heterocycles. The van der Waals surface area contributed by atoms with E-state index in [0.717, 1.165) is 17.5 Å². The zero-order valence-corrected chi connectivity index (χ0v) is 11.6. The Labute approximate surface area is 118 Å². The molecule has 0 radical (unpaired) electrons. The van der Waals surface area contributed by atoms with Crippen LogP contribution in [0.15, 0.2) is 42.5 Å². The zero-order chi connectivity index (χ0) is 14.5. The number of hydrogen-bond acceptors (Lipinski definition) is 3. The van der Waals surface area contributed by atoms with Gasteiger partial charge in [0.15, 0.2) is 0 Å². The van der Waals surface area contributed by atoms with Crippen LogP contribution in [-0.2, 0) is 0 Å². The molecular formula is C16H18FNO2. The first-order chi connectivity index (χ1) is 9.60. The smallest absolute Gasteiger partial charge is 0.126 e. The van der Waals surface area contributed by atoms with Crippen molar-refractivity contribution in [2.75, 3.05) is 11.9 Å². The van der Waals surface area contributed by atoms with Crippen molar-refractivity contribution in [2.45, 2.75) is 19.9 Å². The van der Waals surface area contributed by atoms with Crippen molar-refractivity contribution in [3.05, 3.63) is 53.8 Å². The molecule has 0 heterocycles. The Morgan fingerprint density at radius 3 is 2.75 bits per heavy atom. The Hall–Kier alpha value is -2.23. The summed E-state index contributed by atoms with van der Waals surface area (Å²) in [6.07, 6.45) is 0. The third-order valence-electron chi connectivity index (χ3n) is 2.99. The molecule has 1 atom stereocenters. The average Bonchev–Trinajstić information content (AvgIpc) is 2.39. The van der Waals surface area contributed by atoms with Gasteiger partial charge in [-0.05, 0) is 32.0 Å². The number of rotatable bonds is 5. The van der Waals surface area contributed by atoms with E-state index in [-0.39, 0.29) is 11.8 Å². The molecule has 0 aliphatic carbocycles. The number of phenolic OH excluding ortho intramolecular Hbond substituents is 1. The van der Waals surface area contributed by atoms with E-state index in [1.54, 1.807) is 6.07 Å². The van der Waals surface area contributed by atoms with E-state index in [1.807, 2.05) is 38.1 Å². The third-order valence-corrected chi connectivity index (χ3v) is 2.99. The molecule has 2 N–H and O–H groups in total. The molecule has 0 spiro atoms. The lowest BCUT2D eigenvalue weighted by molar-refractivity contribution is 0.340. The van der Waals surface area contributed by atoms with Crippen LogP contribution < -0.4 is 10.1 Å². The second kappa shape index (κ2) is 6.28. The van der Waals surface area contributed by atoms with Crippen LogP contribution in [0.5, 0.6) is 11.5 Å². The molecule has 3 nitrogen and oxygen atoms in total. The summed E-state index contributed by atoms with van der Waals surface area (Å²) >= 11 is 0. The molecule has 1 unspecified atom stereocenters. The normalized spacial score (nSPS) is 11.9. The van der Waals surface area contributed by atoms with E-state index in [1.165, 1.54) is 6.07 Å². The van der Waals surface area contributed by atoms with Crippen molar-refractivity contribution in [1.29, 1.82) is 0 Å². The molecule has 0 saturated heterocycles. The van der Waals surface area contributed by atoms with E-state index in [4.69, 9.17) is 4.74 Å². The minimum absolute atomic E-state index is 0.0500. The van der Waals surface area contributed by atoms with Crippen LogP contribution in [0.2, 0.25) is 0 Å². The SMILES string of the molecule is CCOc1cccc(NC(C)c2ccc(F)cc2O)c1. The summed E-state index contributed by atoms with van der Waals surface area (Å²) in [5, 5.41) is 13.0. The number of anilines is 1. The van der Waals surface area contributed by atoms with Gasteiger partial charge in [-0.2, -0.15) is 0 Å². The van der Waals surface area contributed by atoms with Crippen LogP contribution in [0, 0.1) is 5.82 Å². The number of halogens is 1. The quantitative estimate of drug-likeness (QED) is 0.863. The highest BCUT2D eigenvalue weighted by atomic mass is 19.1. The summed E-state index contributed by atoms with van der Waals surface area (Å²) in [7, 11) is 0. The summed E-state index contributed by atoms with van der Waals surface area (Å²) in [6, 6.07) is 11.5. The molecule has 20 heavy (non-hydrogen) atoms. The van der Waals surface area contributed by atoms with Gasteiger partial charge in [0.1, 0.15) is 17.3 Å². The summed E-state index contributed by atoms with van der Waals surface area (Å²) in [6.45, 7) is 4.44. The van der Waals surface area contributed by atoms with Crippen LogP contribution >= 0.6 is 0 Å². The first-order valence-electron chi connectivity index (χ1n) is 6.58. The molecular weight excluding hydrogens is 257 g/mol. The Kier molecular flexibility index (Phi) is 4.45. The molecule has 2 aromatic carbocycles. The maximum absolute atomic E-state index is 13.0. The van der Waals surface area contributed by atoms with E-state index in [9.17, 15) is 9.50 Å². The predicted octanol–water partition coefficient (Wildman–Crippen LogP) is 4.10. The fourth-order valence-corrected chi connectivity index (χ4v) is 2.05. The van der Waals surface area contributed by atoms with Gasteiger partial charge in [0.2, 0.25) is 0 Å². The van der Waals surface area contributed by atoms with Gasteiger partial charge in [-0.15, -0.1) is 0 Å². The first-order valence-corrected chi connectivity index (χ1v) is 6.58. The fraction of sp³-hybridized carbons (Fsp3) is 0.250. The highest BCUT2D eigenvalue weighted by Crippen LogP contribution is 2.28. The van der Waals surface area contributed by atoms with Gasteiger partial charge in [-0.3, -0.25) is 0 Å². The van der Waals surface area contributed by atoms with Gasteiger partial charge in [0.25, 0.3) is 0 Å². The predicted molar refractivity (Wildman–Crippen MR) is 77.7 cm³/mol. The minimum Gasteiger partial charge on any atom is -0.507 e. The van der Waals surface area contributed by atoms with Gasteiger partial charge in [-0.1, -0.05) is 12.1 Å². The van der Waals surface area contributed by atoms with Crippen LogP contribution in [0.25, 0.3) is 0 Å². The van der Waals surface area contributed by atoms with Crippen molar-refractivity contribution in [3.63, 3.8) is 0 Å². The minimum atomic E-state index is -0.447. The number of phenols is 1. The number of hydrogen-bond donors (Lipinski definition) is 2. The molecule has 106 valence electrons. The Bertz CT molecular complexity index is 586. The average molecular weight is 275 g/mol. The summed E-state index contributed by atoms with van der Waals surface area (Å²) in [5.41, 5.74) is 1.53. The second-order valence-corrected chi connectivity index (χ2v) is 4.53. The Morgan fingerprint density at radius 2 is 2.05 bits per heavy atom. The van der Waals surface area contributed by atoms with Gasteiger partial charge in [0, 0.05) is 23.4 Å². The van der Waals surface area contributed by atoms with Gasteiger partial charge < -0.3 is 15.2 Å². The van der Waals surface area contributed by atoms with Crippen LogP contribution in [0.3, 0.4) is 0 Å². The maximum atomic E-state index is 13.0. The molecule has 0 aliphatic rings. The largest absolute Gasteiger partial charge is 0.507 e. The van der Waals surface area contributed by atoms with Crippen LogP contribution in [-0.4, -0.2) is 11.7 Å². The van der Waals surface area contributed by atoms with Crippen LogP contribution in [0.4, 0.5) is 10.1 Å². The fourth-order valence-electron chi connectivity index (χ4n) is 2.05. The van der Waals surface area contributed by atoms with E-state index in [0.29, 0.717) is 12.2 Å². The summed E-state index contributed by atoms with van der Waals surface area (Å²) in [4.78, 5) is 0. The number of nitrogens with one attached hydrogen (secondary N) is 1. The molecule has 2 aromatic rings. The molecule has 0 fully saturated rings. The van der Waals surface area contributed by atoms with E-state index in [2.05, 4.69) is 5.32 Å². The molecule has 0 bridgehead atoms. The second-order valence-electron chi connectivity index (χ2n) is 4.53. The Balaban J connectivity index is 2.14. The lowest BCUT2D eigenvalue weighted by atomic mass is 10.1. The van der Waals surface area contributed by atoms with Crippen LogP contribution in [0.1, 0.15) is 25.5 Å². The summed E-state index contributed by atoms with van der Waals surface area (Å²) < 4.78 is 18.4. The molecule has 0 saturated carbocycles. The van der Waals surface area contributed by atoms with Crippen molar-refractivity contribution in [2.24, 2.45) is 0 Å². The first kappa shape index (κ1) is 14.2. The van der Waals surface area contributed by atoms with Gasteiger partial charge in [-0.25, -0.2) is 4.39 Å². The standard InChI is InChI=1S/C16H18FNO2/c1-3-20-14-6-4-5-13(10-14)18-11(2)15-8-7-12(17)9-16(15)19/h4-11,18-19H,3H2,1-2H3. The molecule has 2 rings (SSSR count). The van der Waals surface area contributed by atoms with Crippen molar-refractivity contribution >= 4 is 5.69 Å². The Morgan fingerprint density at radius 1 is 1.25 bits per heavy atom. The molecule has 4 heteroatoms. The lowest BCUT2D eigenvalue weighted by Crippen LogP contribution is -2.07. The molecule has 0 amide bonds. The highest BCUT2D eigenvalue weighted by molar-refractivity contribution is 5.51. The number of benzene rings is 2. The number of ether oxygens (including phenoxy) is 1. The zero-order valence-electron chi connectivity index (χ0n) is 11.6. The molecule has 0 aromatic heterocycles. The van der Waals surface area contributed by atoms with Crippen molar-refractivity contribution in [3.8, 4) is 11.5 Å². The lowest BCUT2D eigenvalue weighted by Gasteiger charge is -2.17. The van der Waals surface area contributed by atoms with Crippen molar-refractivity contribution < 1.29 is 14.2 Å². The van der Waals surface area contributed by atoms with E-state index < -0.39 is 5.82 Å².